The SMILES string of the molecule is CC(Cc1ccsc1)NC(=O)c1cncc(C#CCO)c1. The maximum Gasteiger partial charge on any atom is 0.253 e. The average Bonchev–Trinajstić information content (AvgIpc) is 2.98. The third-order valence-corrected chi connectivity index (χ3v) is 3.54. The minimum atomic E-state index is -0.214. The maximum absolute atomic E-state index is 12.2. The van der Waals surface area contributed by atoms with Crippen molar-refractivity contribution in [3.63, 3.8) is 0 Å². The van der Waals surface area contributed by atoms with Crippen LogP contribution in [0.15, 0.2) is 35.3 Å². The van der Waals surface area contributed by atoms with Crippen molar-refractivity contribution in [2.24, 2.45) is 0 Å². The highest BCUT2D eigenvalue weighted by Gasteiger charge is 2.11. The van der Waals surface area contributed by atoms with Crippen molar-refractivity contribution < 1.29 is 9.90 Å². The molecule has 1 atom stereocenters. The summed E-state index contributed by atoms with van der Waals surface area (Å²) >= 11 is 1.65. The summed E-state index contributed by atoms with van der Waals surface area (Å²) in [6.45, 7) is 1.76. The van der Waals surface area contributed by atoms with Gasteiger partial charge in [-0.2, -0.15) is 11.3 Å². The van der Waals surface area contributed by atoms with Gasteiger partial charge in [-0.25, -0.2) is 0 Å². The molecular weight excluding hydrogens is 284 g/mol. The zero-order valence-corrected chi connectivity index (χ0v) is 12.5. The lowest BCUT2D eigenvalue weighted by Crippen LogP contribution is -2.34. The Balaban J connectivity index is 1.99. The van der Waals surface area contributed by atoms with E-state index in [-0.39, 0.29) is 18.6 Å². The van der Waals surface area contributed by atoms with E-state index in [1.54, 1.807) is 23.6 Å². The molecule has 0 aliphatic carbocycles. The highest BCUT2D eigenvalue weighted by molar-refractivity contribution is 7.07. The first kappa shape index (κ1) is 15.2. The van der Waals surface area contributed by atoms with E-state index in [0.29, 0.717) is 11.1 Å². The number of aromatic nitrogens is 1. The van der Waals surface area contributed by atoms with Crippen molar-refractivity contribution >= 4 is 17.2 Å². The Hall–Kier alpha value is -2.16. The summed E-state index contributed by atoms with van der Waals surface area (Å²) in [5.41, 5.74) is 2.30. The van der Waals surface area contributed by atoms with Crippen LogP contribution in [0.5, 0.6) is 0 Å². The van der Waals surface area contributed by atoms with Crippen molar-refractivity contribution in [3.05, 3.63) is 52.0 Å². The lowest BCUT2D eigenvalue weighted by molar-refractivity contribution is 0.0939. The number of nitrogens with zero attached hydrogens (tertiary/aromatic N) is 1. The molecule has 21 heavy (non-hydrogen) atoms. The Bertz CT molecular complexity index is 656. The fraction of sp³-hybridized carbons (Fsp3) is 0.250. The normalized spacial score (nSPS) is 11.3. The number of pyridine rings is 1. The molecule has 2 heterocycles. The van der Waals surface area contributed by atoms with Crippen molar-refractivity contribution in [2.45, 2.75) is 19.4 Å². The molecule has 2 rings (SSSR count). The number of nitrogens with one attached hydrogen (secondary N) is 1. The molecule has 2 aromatic rings. The molecule has 0 aliphatic rings. The second-order valence-electron chi connectivity index (χ2n) is 4.63. The Labute approximate surface area is 127 Å². The first-order chi connectivity index (χ1) is 10.2. The van der Waals surface area contributed by atoms with Crippen molar-refractivity contribution in [2.75, 3.05) is 6.61 Å². The lowest BCUT2D eigenvalue weighted by atomic mass is 10.1. The Morgan fingerprint density at radius 3 is 3.10 bits per heavy atom. The van der Waals surface area contributed by atoms with Crippen molar-refractivity contribution in [1.29, 1.82) is 0 Å². The van der Waals surface area contributed by atoms with Gasteiger partial charge < -0.3 is 10.4 Å². The van der Waals surface area contributed by atoms with Crippen LogP contribution in [-0.4, -0.2) is 28.6 Å². The molecule has 0 aliphatic heterocycles. The van der Waals surface area contributed by atoms with E-state index in [1.807, 2.05) is 12.3 Å². The second kappa shape index (κ2) is 7.58. The number of thiophene rings is 1. The van der Waals surface area contributed by atoms with Crippen LogP contribution < -0.4 is 5.32 Å². The Kier molecular flexibility index (Phi) is 5.50. The summed E-state index contributed by atoms with van der Waals surface area (Å²) in [4.78, 5) is 16.2. The van der Waals surface area contributed by atoms with E-state index in [0.717, 1.165) is 6.42 Å². The van der Waals surface area contributed by atoms with Gasteiger partial charge in [0, 0.05) is 24.0 Å². The molecule has 0 saturated carbocycles. The number of rotatable bonds is 4. The first-order valence-corrected chi connectivity index (χ1v) is 7.50. The molecule has 0 saturated heterocycles. The summed E-state index contributed by atoms with van der Waals surface area (Å²) in [7, 11) is 0. The summed E-state index contributed by atoms with van der Waals surface area (Å²) in [6, 6.07) is 3.77. The number of carbonyl (C=O) groups is 1. The maximum atomic E-state index is 12.2. The van der Waals surface area contributed by atoms with E-state index in [4.69, 9.17) is 5.11 Å². The highest BCUT2D eigenvalue weighted by atomic mass is 32.1. The van der Waals surface area contributed by atoms with E-state index in [2.05, 4.69) is 33.6 Å². The largest absolute Gasteiger partial charge is 0.384 e. The van der Waals surface area contributed by atoms with E-state index in [1.165, 1.54) is 11.8 Å². The molecule has 0 spiro atoms. The fourth-order valence-electron chi connectivity index (χ4n) is 1.89. The Morgan fingerprint density at radius 1 is 1.52 bits per heavy atom. The molecule has 0 bridgehead atoms. The summed E-state index contributed by atoms with van der Waals surface area (Å²) in [6.07, 6.45) is 3.87. The predicted molar refractivity (Wildman–Crippen MR) is 83.2 cm³/mol. The highest BCUT2D eigenvalue weighted by Crippen LogP contribution is 2.09. The number of carbonyl (C=O) groups excluding carboxylic acids is 1. The number of aliphatic hydroxyl groups excluding tert-OH is 1. The average molecular weight is 300 g/mol. The monoisotopic (exact) mass is 300 g/mol. The zero-order valence-electron chi connectivity index (χ0n) is 11.7. The summed E-state index contributed by atoms with van der Waals surface area (Å²) in [5, 5.41) is 15.7. The lowest BCUT2D eigenvalue weighted by Gasteiger charge is -2.13. The van der Waals surface area contributed by atoms with Gasteiger partial charge in [0.2, 0.25) is 0 Å². The molecule has 2 N–H and O–H groups in total. The fourth-order valence-corrected chi connectivity index (χ4v) is 2.58. The van der Waals surface area contributed by atoms with Crippen LogP contribution in [0, 0.1) is 11.8 Å². The molecule has 0 fully saturated rings. The predicted octanol–water partition coefficient (Wildman–Crippen LogP) is 1.85. The van der Waals surface area contributed by atoms with Gasteiger partial charge in [0.1, 0.15) is 6.61 Å². The van der Waals surface area contributed by atoms with Gasteiger partial charge >= 0.3 is 0 Å². The number of aliphatic hydroxyl groups is 1. The van der Waals surface area contributed by atoms with E-state index >= 15 is 0 Å². The van der Waals surface area contributed by atoms with Gasteiger partial charge in [-0.3, -0.25) is 9.78 Å². The van der Waals surface area contributed by atoms with Gasteiger partial charge in [0.05, 0.1) is 5.56 Å². The molecule has 1 unspecified atom stereocenters. The molecule has 4 nitrogen and oxygen atoms in total. The molecule has 1 amide bonds. The molecule has 108 valence electrons. The number of amides is 1. The minimum Gasteiger partial charge on any atom is -0.384 e. The number of hydrogen-bond acceptors (Lipinski definition) is 4. The molecule has 0 radical (unpaired) electrons. The summed E-state index contributed by atoms with van der Waals surface area (Å²) in [5.74, 6) is 5.11. The second-order valence-corrected chi connectivity index (χ2v) is 5.41. The smallest absolute Gasteiger partial charge is 0.253 e. The first-order valence-electron chi connectivity index (χ1n) is 6.55. The third kappa shape index (κ3) is 4.71. The minimum absolute atomic E-state index is 0.0410. The van der Waals surface area contributed by atoms with E-state index < -0.39 is 0 Å². The van der Waals surface area contributed by atoms with Gasteiger partial charge in [0.15, 0.2) is 0 Å². The molecule has 2 aromatic heterocycles. The standard InChI is InChI=1S/C16H16N2O2S/c1-12(7-14-4-6-21-11-14)18-16(20)15-8-13(3-2-5-19)9-17-10-15/h4,6,8-12,19H,5,7H2,1H3,(H,18,20). The van der Waals surface area contributed by atoms with Gasteiger partial charge in [-0.05, 0) is 41.8 Å². The summed E-state index contributed by atoms with van der Waals surface area (Å²) < 4.78 is 0. The van der Waals surface area contributed by atoms with Crippen LogP contribution in [0.3, 0.4) is 0 Å². The van der Waals surface area contributed by atoms with E-state index in [9.17, 15) is 4.79 Å². The molecule has 0 aromatic carbocycles. The van der Waals surface area contributed by atoms with Crippen LogP contribution in [0.25, 0.3) is 0 Å². The Morgan fingerprint density at radius 2 is 2.38 bits per heavy atom. The van der Waals surface area contributed by atoms with Crippen molar-refractivity contribution in [1.82, 2.24) is 10.3 Å². The van der Waals surface area contributed by atoms with Gasteiger partial charge in [-0.1, -0.05) is 11.8 Å². The van der Waals surface area contributed by atoms with Crippen LogP contribution >= 0.6 is 11.3 Å². The zero-order chi connectivity index (χ0) is 15.1. The number of hydrogen-bond donors (Lipinski definition) is 2. The van der Waals surface area contributed by atoms with Crippen LogP contribution in [0.4, 0.5) is 0 Å². The van der Waals surface area contributed by atoms with Crippen LogP contribution in [-0.2, 0) is 6.42 Å². The van der Waals surface area contributed by atoms with Crippen LogP contribution in [0.2, 0.25) is 0 Å². The molecular formula is C16H16N2O2S. The van der Waals surface area contributed by atoms with Crippen molar-refractivity contribution in [3.8, 4) is 11.8 Å². The third-order valence-electron chi connectivity index (χ3n) is 2.81. The topological polar surface area (TPSA) is 62.2 Å². The van der Waals surface area contributed by atoms with Gasteiger partial charge in [-0.15, -0.1) is 0 Å². The van der Waals surface area contributed by atoms with Crippen LogP contribution in [0.1, 0.15) is 28.4 Å². The van der Waals surface area contributed by atoms with Gasteiger partial charge in [0.25, 0.3) is 5.91 Å². The quantitative estimate of drug-likeness (QED) is 0.847. The molecule has 5 heteroatoms.